The molecule has 0 aliphatic rings. The molecule has 1 aromatic heterocycles. The molecule has 0 bridgehead atoms. The van der Waals surface area contributed by atoms with E-state index in [4.69, 9.17) is 0 Å². The van der Waals surface area contributed by atoms with Crippen molar-refractivity contribution < 1.29 is 22.9 Å². The van der Waals surface area contributed by atoms with Gasteiger partial charge in [0.2, 0.25) is 5.91 Å². The second kappa shape index (κ2) is 7.76. The van der Waals surface area contributed by atoms with Crippen LogP contribution in [0, 0.1) is 10.1 Å². The van der Waals surface area contributed by atoms with Crippen LogP contribution in [0.25, 0.3) is 10.2 Å². The molecule has 0 spiro atoms. The lowest BCUT2D eigenvalue weighted by Crippen LogP contribution is -2.24. The first-order valence-corrected chi connectivity index (χ1v) is 9.53. The first-order valence-electron chi connectivity index (χ1n) is 7.84. The van der Waals surface area contributed by atoms with Gasteiger partial charge in [-0.2, -0.15) is 13.2 Å². The molecule has 0 radical (unpaired) electrons. The van der Waals surface area contributed by atoms with E-state index in [1.807, 2.05) is 24.3 Å². The smallest absolute Gasteiger partial charge is 0.325 e. The van der Waals surface area contributed by atoms with Gasteiger partial charge in [0.05, 0.1) is 31.6 Å². The molecule has 0 saturated carbocycles. The Kier molecular flexibility index (Phi) is 5.57. The number of anilines is 1. The monoisotopic (exact) mass is 427 g/mol. The van der Waals surface area contributed by atoms with Gasteiger partial charge in [-0.25, -0.2) is 4.98 Å². The predicted molar refractivity (Wildman–Crippen MR) is 102 cm³/mol. The number of nitrogens with zero attached hydrogens (tertiary/aromatic N) is 2. The van der Waals surface area contributed by atoms with Crippen LogP contribution < -0.4 is 5.32 Å². The van der Waals surface area contributed by atoms with E-state index in [-0.39, 0.29) is 0 Å². The highest BCUT2D eigenvalue weighted by atomic mass is 32.2. The van der Waals surface area contributed by atoms with Gasteiger partial charge in [-0.1, -0.05) is 23.9 Å². The van der Waals surface area contributed by atoms with Crippen LogP contribution in [-0.4, -0.2) is 21.1 Å². The summed E-state index contributed by atoms with van der Waals surface area (Å²) in [4.78, 5) is 26.6. The summed E-state index contributed by atoms with van der Waals surface area (Å²) in [6.07, 6.45) is -4.85. The quantitative estimate of drug-likeness (QED) is 0.337. The summed E-state index contributed by atoms with van der Waals surface area (Å²) in [5.74, 6) is -0.663. The summed E-state index contributed by atoms with van der Waals surface area (Å²) in [6.45, 7) is 1.55. The van der Waals surface area contributed by atoms with Crippen molar-refractivity contribution in [1.29, 1.82) is 0 Å². The van der Waals surface area contributed by atoms with E-state index in [9.17, 15) is 28.1 Å². The molecule has 3 aromatic rings. The van der Waals surface area contributed by atoms with Gasteiger partial charge in [0.1, 0.15) is 0 Å². The number of thiazole rings is 1. The number of non-ortho nitro benzene ring substituents is 1. The van der Waals surface area contributed by atoms with Crippen LogP contribution in [0.5, 0.6) is 0 Å². The van der Waals surface area contributed by atoms with E-state index in [1.54, 1.807) is 6.92 Å². The highest BCUT2D eigenvalue weighted by Crippen LogP contribution is 2.38. The molecule has 1 heterocycles. The molecule has 0 saturated heterocycles. The lowest BCUT2D eigenvalue weighted by Gasteiger charge is -2.15. The second-order valence-corrected chi connectivity index (χ2v) is 8.30. The number of aromatic nitrogens is 1. The van der Waals surface area contributed by atoms with E-state index >= 15 is 0 Å². The van der Waals surface area contributed by atoms with Crippen molar-refractivity contribution >= 4 is 50.6 Å². The molecule has 1 amide bonds. The number of hydrogen-bond donors (Lipinski definition) is 1. The number of thioether (sulfide) groups is 1. The standard InChI is InChI=1S/C17H12F3N3O3S2/c1-9(27-16-22-13-4-2-3-5-14(13)28-16)15(24)21-12-7-6-10(23(25)26)8-11(12)17(18,19)20/h2-9H,1H3,(H,21,24). The number of nitrogens with one attached hydrogen (secondary N) is 1. The highest BCUT2D eigenvalue weighted by Gasteiger charge is 2.36. The molecule has 0 aliphatic heterocycles. The van der Waals surface area contributed by atoms with Crippen LogP contribution in [0.15, 0.2) is 46.8 Å². The lowest BCUT2D eigenvalue weighted by atomic mass is 10.1. The van der Waals surface area contributed by atoms with Crippen LogP contribution >= 0.6 is 23.1 Å². The molecule has 146 valence electrons. The topological polar surface area (TPSA) is 85.1 Å². The lowest BCUT2D eigenvalue weighted by molar-refractivity contribution is -0.385. The summed E-state index contributed by atoms with van der Waals surface area (Å²) in [5, 5.41) is 12.2. The van der Waals surface area contributed by atoms with Gasteiger partial charge in [-0.05, 0) is 25.1 Å². The number of alkyl halides is 3. The van der Waals surface area contributed by atoms with Crippen molar-refractivity contribution in [3.8, 4) is 0 Å². The summed E-state index contributed by atoms with van der Waals surface area (Å²) < 4.78 is 41.2. The fraction of sp³-hybridized carbons (Fsp3) is 0.176. The first kappa shape index (κ1) is 20.1. The molecule has 1 atom stereocenters. The van der Waals surface area contributed by atoms with Gasteiger partial charge in [-0.15, -0.1) is 11.3 Å². The second-order valence-electron chi connectivity index (χ2n) is 5.68. The fourth-order valence-corrected chi connectivity index (χ4v) is 4.54. The van der Waals surface area contributed by atoms with Crippen molar-refractivity contribution in [1.82, 2.24) is 4.98 Å². The third kappa shape index (κ3) is 4.42. The van der Waals surface area contributed by atoms with Gasteiger partial charge in [0, 0.05) is 12.1 Å². The molecular formula is C17H12F3N3O3S2. The average molecular weight is 427 g/mol. The molecule has 11 heteroatoms. The van der Waals surface area contributed by atoms with Gasteiger partial charge in [-0.3, -0.25) is 14.9 Å². The number of nitro groups is 1. The van der Waals surface area contributed by atoms with Crippen LogP contribution in [0.2, 0.25) is 0 Å². The van der Waals surface area contributed by atoms with Gasteiger partial charge in [0.15, 0.2) is 4.34 Å². The zero-order valence-electron chi connectivity index (χ0n) is 14.2. The maximum atomic E-state index is 13.2. The van der Waals surface area contributed by atoms with Crippen molar-refractivity contribution in [2.75, 3.05) is 5.32 Å². The Hall–Kier alpha value is -2.66. The summed E-state index contributed by atoms with van der Waals surface area (Å²) in [7, 11) is 0. The largest absolute Gasteiger partial charge is 0.418 e. The number of nitro benzene ring substituents is 1. The highest BCUT2D eigenvalue weighted by molar-refractivity contribution is 8.02. The summed E-state index contributed by atoms with van der Waals surface area (Å²) >= 11 is 2.50. The van der Waals surface area contributed by atoms with Gasteiger partial charge < -0.3 is 5.32 Å². The van der Waals surface area contributed by atoms with Crippen LogP contribution in [0.4, 0.5) is 24.5 Å². The predicted octanol–water partition coefficient (Wildman–Crippen LogP) is 5.34. The Morgan fingerprint density at radius 1 is 1.29 bits per heavy atom. The maximum absolute atomic E-state index is 13.2. The minimum Gasteiger partial charge on any atom is -0.325 e. The first-order chi connectivity index (χ1) is 13.1. The Morgan fingerprint density at radius 3 is 2.64 bits per heavy atom. The van der Waals surface area contributed by atoms with E-state index in [1.165, 1.54) is 11.3 Å². The maximum Gasteiger partial charge on any atom is 0.418 e. The molecule has 1 unspecified atom stereocenters. The number of carbonyl (C=O) groups is 1. The molecule has 0 fully saturated rings. The normalized spacial score (nSPS) is 12.7. The van der Waals surface area contributed by atoms with Crippen molar-refractivity contribution in [3.05, 3.63) is 58.1 Å². The van der Waals surface area contributed by atoms with E-state index in [0.29, 0.717) is 10.4 Å². The summed E-state index contributed by atoms with van der Waals surface area (Å²) in [6, 6.07) is 9.60. The van der Waals surface area contributed by atoms with Crippen LogP contribution in [0.3, 0.4) is 0 Å². The van der Waals surface area contributed by atoms with Gasteiger partial charge in [0.25, 0.3) is 5.69 Å². The van der Waals surface area contributed by atoms with E-state index in [0.717, 1.165) is 34.1 Å². The SMILES string of the molecule is CC(Sc1nc2ccccc2s1)C(=O)Nc1ccc([N+](=O)[O-])cc1C(F)(F)F. The third-order valence-electron chi connectivity index (χ3n) is 3.70. The van der Waals surface area contributed by atoms with Gasteiger partial charge >= 0.3 is 6.18 Å². The van der Waals surface area contributed by atoms with Crippen molar-refractivity contribution in [3.63, 3.8) is 0 Å². The molecule has 2 aromatic carbocycles. The minimum atomic E-state index is -4.85. The number of amides is 1. The molecular weight excluding hydrogens is 415 g/mol. The average Bonchev–Trinajstić information content (AvgIpc) is 3.03. The van der Waals surface area contributed by atoms with Crippen molar-refractivity contribution in [2.24, 2.45) is 0 Å². The Bertz CT molecular complexity index is 1020. The fourth-order valence-electron chi connectivity index (χ4n) is 2.33. The number of halogens is 3. The Morgan fingerprint density at radius 2 is 2.00 bits per heavy atom. The zero-order chi connectivity index (χ0) is 20.5. The number of rotatable bonds is 5. The molecule has 1 N–H and O–H groups in total. The summed E-state index contributed by atoms with van der Waals surface area (Å²) in [5.41, 5.74) is -1.73. The number of fused-ring (bicyclic) bond motifs is 1. The molecule has 28 heavy (non-hydrogen) atoms. The Labute approximate surface area is 164 Å². The van der Waals surface area contributed by atoms with Crippen LogP contribution in [0.1, 0.15) is 12.5 Å². The number of para-hydroxylation sites is 1. The zero-order valence-corrected chi connectivity index (χ0v) is 15.8. The van der Waals surface area contributed by atoms with E-state index < -0.39 is 39.2 Å². The number of hydrogen-bond acceptors (Lipinski definition) is 6. The number of carbonyl (C=O) groups excluding carboxylic acids is 1. The molecule has 6 nitrogen and oxygen atoms in total. The number of benzene rings is 2. The molecule has 3 rings (SSSR count). The molecule has 0 aliphatic carbocycles. The Balaban J connectivity index is 1.78. The van der Waals surface area contributed by atoms with Crippen LogP contribution in [-0.2, 0) is 11.0 Å². The van der Waals surface area contributed by atoms with Crippen molar-refractivity contribution in [2.45, 2.75) is 22.7 Å². The van der Waals surface area contributed by atoms with E-state index in [2.05, 4.69) is 10.3 Å². The third-order valence-corrected chi connectivity index (χ3v) is 5.93. The minimum absolute atomic E-state index is 0.404.